The fraction of sp³-hybridized carbons (Fsp3) is 0.217. The number of carbonyl (C=O) groups is 2. The Labute approximate surface area is 193 Å². The van der Waals surface area contributed by atoms with Crippen LogP contribution in [0.3, 0.4) is 0 Å². The lowest BCUT2D eigenvalue weighted by molar-refractivity contribution is -0.115. The fourth-order valence-corrected chi connectivity index (χ4v) is 4.55. The van der Waals surface area contributed by atoms with Gasteiger partial charge in [-0.3, -0.25) is 9.59 Å². The summed E-state index contributed by atoms with van der Waals surface area (Å²) in [5, 5.41) is 7.55. The van der Waals surface area contributed by atoms with Crippen molar-refractivity contribution in [1.29, 1.82) is 0 Å². The molecule has 0 atom stereocenters. The zero-order chi connectivity index (χ0) is 23.9. The fourth-order valence-electron chi connectivity index (χ4n) is 3.60. The van der Waals surface area contributed by atoms with Gasteiger partial charge in [0.15, 0.2) is 5.13 Å². The average molecular weight is 467 g/mol. The molecule has 10 heteroatoms. The normalized spacial score (nSPS) is 11.3. The van der Waals surface area contributed by atoms with Crippen LogP contribution in [0.5, 0.6) is 0 Å². The molecule has 0 fully saturated rings. The van der Waals surface area contributed by atoms with Crippen molar-refractivity contribution < 1.29 is 14.0 Å². The first-order valence-electron chi connectivity index (χ1n) is 10.3. The Balaban J connectivity index is 1.57. The first-order valence-corrected chi connectivity index (χ1v) is 11.1. The van der Waals surface area contributed by atoms with Gasteiger partial charge in [-0.25, -0.2) is 14.1 Å². The van der Waals surface area contributed by atoms with Crippen molar-refractivity contribution in [3.8, 4) is 11.3 Å². The van der Waals surface area contributed by atoms with Crippen LogP contribution >= 0.6 is 11.3 Å². The molecule has 2 amide bonds. The number of halogens is 1. The Hall–Kier alpha value is -3.79. The van der Waals surface area contributed by atoms with Crippen molar-refractivity contribution in [1.82, 2.24) is 14.8 Å². The topological polar surface area (TPSA) is 129 Å². The molecule has 0 aliphatic heterocycles. The molecule has 0 aliphatic rings. The third-order valence-electron chi connectivity index (χ3n) is 5.22. The molecular weight excluding hydrogens is 443 g/mol. The second kappa shape index (κ2) is 8.62. The van der Waals surface area contributed by atoms with Gasteiger partial charge in [0.1, 0.15) is 22.9 Å². The minimum atomic E-state index is -0.746. The van der Waals surface area contributed by atoms with Crippen LogP contribution in [0.15, 0.2) is 36.4 Å². The van der Waals surface area contributed by atoms with Crippen molar-refractivity contribution >= 4 is 44.3 Å². The monoisotopic (exact) mass is 466 g/mol. The van der Waals surface area contributed by atoms with Crippen LogP contribution in [-0.2, 0) is 11.2 Å². The molecule has 5 N–H and O–H groups in total. The molecule has 0 unspecified atom stereocenters. The van der Waals surface area contributed by atoms with Gasteiger partial charge in [0.25, 0.3) is 5.91 Å². The van der Waals surface area contributed by atoms with Gasteiger partial charge in [0.2, 0.25) is 5.91 Å². The predicted octanol–water partition coefficient (Wildman–Crippen LogP) is 4.05. The maximum atomic E-state index is 14.9. The molecule has 0 saturated heterocycles. The standard InChI is InChI=1S/C23H23FN6O2S/c1-11(2)30-21(25)18(22(26)32)19(29-30)14-8-7-13(15(24)9-14)10-17(31)28-23-27-16-6-4-5-12(3)20(16)33-23/h4-9,11H,10,25H2,1-3H3,(H2,26,32)(H,27,28,31). The van der Waals surface area contributed by atoms with E-state index < -0.39 is 11.7 Å². The predicted molar refractivity (Wildman–Crippen MR) is 128 cm³/mol. The molecule has 2 aromatic carbocycles. The number of carbonyl (C=O) groups excluding carboxylic acids is 2. The second-order valence-electron chi connectivity index (χ2n) is 7.98. The number of nitrogens with zero attached hydrogens (tertiary/aromatic N) is 3. The van der Waals surface area contributed by atoms with Crippen molar-refractivity contribution in [2.75, 3.05) is 11.1 Å². The number of nitrogens with one attached hydrogen (secondary N) is 1. The first-order chi connectivity index (χ1) is 15.7. The van der Waals surface area contributed by atoms with Gasteiger partial charge in [-0.1, -0.05) is 35.6 Å². The summed E-state index contributed by atoms with van der Waals surface area (Å²) in [6.07, 6.45) is -0.174. The average Bonchev–Trinajstić information content (AvgIpc) is 3.31. The lowest BCUT2D eigenvalue weighted by atomic mass is 10.0. The van der Waals surface area contributed by atoms with Gasteiger partial charge < -0.3 is 16.8 Å². The van der Waals surface area contributed by atoms with E-state index in [9.17, 15) is 14.0 Å². The molecule has 4 rings (SSSR count). The molecule has 0 radical (unpaired) electrons. The summed E-state index contributed by atoms with van der Waals surface area (Å²) in [6.45, 7) is 5.68. The number of nitrogens with two attached hydrogens (primary N) is 2. The summed E-state index contributed by atoms with van der Waals surface area (Å²) in [4.78, 5) is 28.9. The Morgan fingerprint density at radius 3 is 2.64 bits per heavy atom. The third-order valence-corrected chi connectivity index (χ3v) is 6.34. The number of rotatable bonds is 6. The number of thiazole rings is 1. The Morgan fingerprint density at radius 2 is 2.00 bits per heavy atom. The number of aromatic nitrogens is 3. The number of hydrogen-bond donors (Lipinski definition) is 3. The Morgan fingerprint density at radius 1 is 1.24 bits per heavy atom. The van der Waals surface area contributed by atoms with E-state index in [1.807, 2.05) is 39.0 Å². The molecular formula is C23H23FN6O2S. The van der Waals surface area contributed by atoms with E-state index in [0.29, 0.717) is 10.7 Å². The molecule has 0 bridgehead atoms. The molecule has 4 aromatic rings. The van der Waals surface area contributed by atoms with E-state index in [2.05, 4.69) is 15.4 Å². The highest BCUT2D eigenvalue weighted by Crippen LogP contribution is 2.31. The van der Waals surface area contributed by atoms with Gasteiger partial charge in [-0.15, -0.1) is 0 Å². The van der Waals surface area contributed by atoms with E-state index in [-0.39, 0.29) is 41.0 Å². The number of fused-ring (bicyclic) bond motifs is 1. The van der Waals surface area contributed by atoms with Gasteiger partial charge in [0, 0.05) is 11.6 Å². The number of benzene rings is 2. The largest absolute Gasteiger partial charge is 0.383 e. The minimum Gasteiger partial charge on any atom is -0.383 e. The van der Waals surface area contributed by atoms with Gasteiger partial charge in [0.05, 0.1) is 16.6 Å². The number of nitrogen functional groups attached to an aromatic ring is 1. The van der Waals surface area contributed by atoms with Gasteiger partial charge in [-0.05, 0) is 44.0 Å². The quantitative estimate of drug-likeness (QED) is 0.395. The van der Waals surface area contributed by atoms with E-state index in [0.717, 1.165) is 15.8 Å². The van der Waals surface area contributed by atoms with Crippen LogP contribution in [0, 0.1) is 12.7 Å². The minimum absolute atomic E-state index is 0.0414. The van der Waals surface area contributed by atoms with Crippen LogP contribution in [0.4, 0.5) is 15.3 Å². The zero-order valence-electron chi connectivity index (χ0n) is 18.3. The van der Waals surface area contributed by atoms with Gasteiger partial charge in [-0.2, -0.15) is 5.10 Å². The highest BCUT2D eigenvalue weighted by molar-refractivity contribution is 7.22. The van der Waals surface area contributed by atoms with Crippen LogP contribution in [0.2, 0.25) is 0 Å². The molecule has 0 saturated carbocycles. The van der Waals surface area contributed by atoms with Crippen molar-refractivity contribution in [2.45, 2.75) is 33.2 Å². The third kappa shape index (κ3) is 4.29. The molecule has 170 valence electrons. The molecule has 0 spiro atoms. The lowest BCUT2D eigenvalue weighted by Crippen LogP contribution is -2.15. The maximum Gasteiger partial charge on any atom is 0.254 e. The van der Waals surface area contributed by atoms with Crippen LogP contribution < -0.4 is 16.8 Å². The molecule has 0 aliphatic carbocycles. The number of anilines is 2. The van der Waals surface area contributed by atoms with E-state index >= 15 is 0 Å². The summed E-state index contributed by atoms with van der Waals surface area (Å²) >= 11 is 1.37. The smallest absolute Gasteiger partial charge is 0.254 e. The molecule has 33 heavy (non-hydrogen) atoms. The van der Waals surface area contributed by atoms with Crippen LogP contribution in [0.25, 0.3) is 21.5 Å². The number of aryl methyl sites for hydroxylation is 1. The summed E-state index contributed by atoms with van der Waals surface area (Å²) < 4.78 is 17.3. The van der Waals surface area contributed by atoms with Crippen molar-refractivity contribution in [3.63, 3.8) is 0 Å². The zero-order valence-corrected chi connectivity index (χ0v) is 19.2. The SMILES string of the molecule is Cc1cccc2nc(NC(=O)Cc3ccc(-c4nn(C(C)C)c(N)c4C(N)=O)cc3F)sc12. The van der Waals surface area contributed by atoms with E-state index in [4.69, 9.17) is 11.5 Å². The maximum absolute atomic E-state index is 14.9. The van der Waals surface area contributed by atoms with E-state index in [1.165, 1.54) is 28.2 Å². The summed E-state index contributed by atoms with van der Waals surface area (Å²) in [7, 11) is 0. The summed E-state index contributed by atoms with van der Waals surface area (Å²) in [5.74, 6) is -1.60. The summed E-state index contributed by atoms with van der Waals surface area (Å²) in [5.41, 5.74) is 14.2. The van der Waals surface area contributed by atoms with Crippen molar-refractivity contribution in [3.05, 3.63) is 58.9 Å². The van der Waals surface area contributed by atoms with Crippen molar-refractivity contribution in [2.24, 2.45) is 5.73 Å². The van der Waals surface area contributed by atoms with E-state index in [1.54, 1.807) is 6.07 Å². The number of amides is 2. The molecule has 2 aromatic heterocycles. The second-order valence-corrected chi connectivity index (χ2v) is 8.98. The highest BCUT2D eigenvalue weighted by atomic mass is 32.1. The van der Waals surface area contributed by atoms with Crippen LogP contribution in [-0.4, -0.2) is 26.6 Å². The Kier molecular flexibility index (Phi) is 5.86. The first kappa shape index (κ1) is 22.4. The molecule has 8 nitrogen and oxygen atoms in total. The summed E-state index contributed by atoms with van der Waals surface area (Å²) in [6, 6.07) is 9.94. The number of primary amides is 1. The molecule has 2 heterocycles. The van der Waals surface area contributed by atoms with Crippen LogP contribution in [0.1, 0.15) is 41.4 Å². The Bertz CT molecular complexity index is 1390. The lowest BCUT2D eigenvalue weighted by Gasteiger charge is -2.07. The highest BCUT2D eigenvalue weighted by Gasteiger charge is 2.23. The number of hydrogen-bond acceptors (Lipinski definition) is 6. The van der Waals surface area contributed by atoms with Gasteiger partial charge >= 0.3 is 0 Å².